The van der Waals surface area contributed by atoms with Crippen molar-refractivity contribution in [1.29, 1.82) is 0 Å². The van der Waals surface area contributed by atoms with Crippen molar-refractivity contribution < 1.29 is 14.3 Å². The molecular formula is C20H20N2O3. The number of carbonyl (C=O) groups is 2. The fraction of sp³-hybridized carbons (Fsp3) is 0.200. The molecule has 2 N–H and O–H groups in total. The molecule has 1 aliphatic heterocycles. The second-order valence-electron chi connectivity index (χ2n) is 6.00. The average Bonchev–Trinajstić information content (AvgIpc) is 3.02. The zero-order valence-corrected chi connectivity index (χ0v) is 14.0. The minimum Gasteiger partial charge on any atom is -0.491 e. The Bertz CT molecular complexity index is 812. The van der Waals surface area contributed by atoms with Gasteiger partial charge < -0.3 is 15.4 Å². The Morgan fingerprint density at radius 2 is 2.00 bits per heavy atom. The van der Waals surface area contributed by atoms with Gasteiger partial charge in [-0.15, -0.1) is 0 Å². The van der Waals surface area contributed by atoms with Crippen molar-refractivity contribution in [3.05, 3.63) is 77.4 Å². The lowest BCUT2D eigenvalue weighted by Crippen LogP contribution is -2.29. The Kier molecular flexibility index (Phi) is 4.84. The lowest BCUT2D eigenvalue weighted by Gasteiger charge is -2.12. The topological polar surface area (TPSA) is 67.4 Å². The number of rotatable bonds is 5. The molecule has 2 aromatic carbocycles. The Morgan fingerprint density at radius 3 is 2.72 bits per heavy atom. The molecule has 5 nitrogen and oxygen atoms in total. The van der Waals surface area contributed by atoms with E-state index in [2.05, 4.69) is 17.2 Å². The standard InChI is InChI=1S/C20H20N2O3/c1-3-19(23)21-11-14-5-7-15(8-6-14)20(24)22-17-12-25-18-9-4-13(2)10-16(17)18/h3-10,17H,1,11-12H2,2H3,(H,21,23)(H,22,24). The van der Waals surface area contributed by atoms with Crippen LogP contribution in [0.5, 0.6) is 5.75 Å². The van der Waals surface area contributed by atoms with E-state index in [1.807, 2.05) is 37.3 Å². The van der Waals surface area contributed by atoms with Crippen LogP contribution >= 0.6 is 0 Å². The van der Waals surface area contributed by atoms with E-state index in [1.165, 1.54) is 6.08 Å². The van der Waals surface area contributed by atoms with Crippen LogP contribution in [0, 0.1) is 6.92 Å². The van der Waals surface area contributed by atoms with Crippen LogP contribution in [0.25, 0.3) is 0 Å². The van der Waals surface area contributed by atoms with Gasteiger partial charge in [-0.25, -0.2) is 0 Å². The highest BCUT2D eigenvalue weighted by atomic mass is 16.5. The van der Waals surface area contributed by atoms with Gasteiger partial charge in [0.15, 0.2) is 0 Å². The van der Waals surface area contributed by atoms with E-state index in [0.717, 1.165) is 22.4 Å². The number of hydrogen-bond donors (Lipinski definition) is 2. The summed E-state index contributed by atoms with van der Waals surface area (Å²) >= 11 is 0. The largest absolute Gasteiger partial charge is 0.491 e. The molecule has 0 fully saturated rings. The third-order valence-corrected chi connectivity index (χ3v) is 4.12. The zero-order valence-electron chi connectivity index (χ0n) is 14.0. The number of benzene rings is 2. The summed E-state index contributed by atoms with van der Waals surface area (Å²) in [6.45, 7) is 6.26. The first kappa shape index (κ1) is 16.8. The fourth-order valence-electron chi connectivity index (χ4n) is 2.73. The monoisotopic (exact) mass is 336 g/mol. The van der Waals surface area contributed by atoms with Crippen molar-refractivity contribution in [2.45, 2.75) is 19.5 Å². The van der Waals surface area contributed by atoms with Crippen molar-refractivity contribution in [3.63, 3.8) is 0 Å². The molecule has 0 radical (unpaired) electrons. The second-order valence-corrected chi connectivity index (χ2v) is 6.00. The Hall–Kier alpha value is -3.08. The van der Waals surface area contributed by atoms with Crippen molar-refractivity contribution >= 4 is 11.8 Å². The SMILES string of the molecule is C=CC(=O)NCc1ccc(C(=O)NC2COc3ccc(C)cc32)cc1. The van der Waals surface area contributed by atoms with Crippen LogP contribution in [-0.4, -0.2) is 18.4 Å². The van der Waals surface area contributed by atoms with E-state index in [-0.39, 0.29) is 17.9 Å². The van der Waals surface area contributed by atoms with Gasteiger partial charge in [-0.05, 0) is 36.8 Å². The van der Waals surface area contributed by atoms with Crippen molar-refractivity contribution in [2.75, 3.05) is 6.61 Å². The highest BCUT2D eigenvalue weighted by molar-refractivity contribution is 5.94. The molecule has 1 unspecified atom stereocenters. The molecule has 0 saturated heterocycles. The van der Waals surface area contributed by atoms with E-state index >= 15 is 0 Å². The number of carbonyl (C=O) groups excluding carboxylic acids is 2. The first-order valence-electron chi connectivity index (χ1n) is 8.10. The van der Waals surface area contributed by atoms with Crippen molar-refractivity contribution in [3.8, 4) is 5.75 Å². The minimum atomic E-state index is -0.225. The second kappa shape index (κ2) is 7.21. The molecule has 0 spiro atoms. The number of hydrogen-bond acceptors (Lipinski definition) is 3. The van der Waals surface area contributed by atoms with E-state index < -0.39 is 0 Å². The third kappa shape index (κ3) is 3.88. The molecule has 3 rings (SSSR count). The molecule has 0 aliphatic carbocycles. The summed E-state index contributed by atoms with van der Waals surface area (Å²) in [5.74, 6) is 0.450. The lowest BCUT2D eigenvalue weighted by molar-refractivity contribution is -0.116. The van der Waals surface area contributed by atoms with Crippen LogP contribution in [-0.2, 0) is 11.3 Å². The summed E-state index contributed by atoms with van der Waals surface area (Å²) in [5, 5.41) is 5.71. The highest BCUT2D eigenvalue weighted by Gasteiger charge is 2.25. The molecule has 1 atom stereocenters. The van der Waals surface area contributed by atoms with E-state index in [4.69, 9.17) is 4.74 Å². The fourth-order valence-corrected chi connectivity index (χ4v) is 2.73. The molecular weight excluding hydrogens is 316 g/mol. The summed E-state index contributed by atoms with van der Waals surface area (Å²) in [6.07, 6.45) is 1.23. The molecule has 5 heteroatoms. The van der Waals surface area contributed by atoms with Gasteiger partial charge in [0.2, 0.25) is 5.91 Å². The molecule has 25 heavy (non-hydrogen) atoms. The van der Waals surface area contributed by atoms with E-state index in [1.54, 1.807) is 12.1 Å². The van der Waals surface area contributed by atoms with Gasteiger partial charge in [-0.3, -0.25) is 9.59 Å². The molecule has 1 heterocycles. The molecule has 0 saturated carbocycles. The highest BCUT2D eigenvalue weighted by Crippen LogP contribution is 2.33. The maximum atomic E-state index is 12.5. The number of nitrogens with one attached hydrogen (secondary N) is 2. The first-order valence-corrected chi connectivity index (χ1v) is 8.10. The smallest absolute Gasteiger partial charge is 0.251 e. The number of amides is 2. The van der Waals surface area contributed by atoms with Crippen LogP contribution in [0.2, 0.25) is 0 Å². The van der Waals surface area contributed by atoms with Gasteiger partial charge in [0, 0.05) is 17.7 Å². The summed E-state index contributed by atoms with van der Waals surface area (Å²) in [6, 6.07) is 13.0. The molecule has 1 aliphatic rings. The van der Waals surface area contributed by atoms with Crippen LogP contribution in [0.3, 0.4) is 0 Å². The van der Waals surface area contributed by atoms with Gasteiger partial charge in [0.1, 0.15) is 12.4 Å². The maximum absolute atomic E-state index is 12.5. The zero-order chi connectivity index (χ0) is 17.8. The van der Waals surface area contributed by atoms with Crippen LogP contribution in [0.4, 0.5) is 0 Å². The van der Waals surface area contributed by atoms with Gasteiger partial charge in [-0.2, -0.15) is 0 Å². The molecule has 2 aromatic rings. The number of ether oxygens (including phenoxy) is 1. The molecule has 128 valence electrons. The Balaban J connectivity index is 1.64. The van der Waals surface area contributed by atoms with Crippen LogP contribution in [0.1, 0.15) is 33.1 Å². The Labute approximate surface area is 146 Å². The minimum absolute atomic E-state index is 0.144. The van der Waals surface area contributed by atoms with Gasteiger partial charge >= 0.3 is 0 Å². The average molecular weight is 336 g/mol. The quantitative estimate of drug-likeness (QED) is 0.825. The van der Waals surface area contributed by atoms with Crippen molar-refractivity contribution in [2.24, 2.45) is 0 Å². The predicted octanol–water partition coefficient (Wildman–Crippen LogP) is 2.66. The predicted molar refractivity (Wildman–Crippen MR) is 95.4 cm³/mol. The van der Waals surface area contributed by atoms with E-state index in [0.29, 0.717) is 18.7 Å². The van der Waals surface area contributed by atoms with Crippen molar-refractivity contribution in [1.82, 2.24) is 10.6 Å². The lowest BCUT2D eigenvalue weighted by atomic mass is 10.0. The Morgan fingerprint density at radius 1 is 1.24 bits per heavy atom. The molecule has 0 aromatic heterocycles. The molecule has 2 amide bonds. The summed E-state index contributed by atoms with van der Waals surface area (Å²) < 4.78 is 5.62. The first-order chi connectivity index (χ1) is 12.1. The van der Waals surface area contributed by atoms with Gasteiger partial charge in [-0.1, -0.05) is 36.4 Å². The summed E-state index contributed by atoms with van der Waals surface area (Å²) in [4.78, 5) is 23.6. The van der Waals surface area contributed by atoms with Crippen LogP contribution in [0.15, 0.2) is 55.1 Å². The van der Waals surface area contributed by atoms with Crippen LogP contribution < -0.4 is 15.4 Å². The maximum Gasteiger partial charge on any atom is 0.251 e. The van der Waals surface area contributed by atoms with Gasteiger partial charge in [0.25, 0.3) is 5.91 Å². The van der Waals surface area contributed by atoms with Gasteiger partial charge in [0.05, 0.1) is 6.04 Å². The summed E-state index contributed by atoms with van der Waals surface area (Å²) in [7, 11) is 0. The summed E-state index contributed by atoms with van der Waals surface area (Å²) in [5.41, 5.74) is 3.63. The van der Waals surface area contributed by atoms with E-state index in [9.17, 15) is 9.59 Å². The third-order valence-electron chi connectivity index (χ3n) is 4.12. The normalized spacial score (nSPS) is 15.0. The molecule has 0 bridgehead atoms. The number of fused-ring (bicyclic) bond motifs is 1. The number of aryl methyl sites for hydroxylation is 1.